The summed E-state index contributed by atoms with van der Waals surface area (Å²) in [6, 6.07) is 8.18. The second kappa shape index (κ2) is 8.66. The van der Waals surface area contributed by atoms with Gasteiger partial charge < -0.3 is 4.90 Å². The number of para-hydroxylation sites is 1. The van der Waals surface area contributed by atoms with Crippen LogP contribution in [0.3, 0.4) is 0 Å². The lowest BCUT2D eigenvalue weighted by molar-refractivity contribution is 0.262. The molecule has 2 rings (SSSR count). The minimum atomic E-state index is 0.810. The Morgan fingerprint density at radius 1 is 1.26 bits per heavy atom. The average Bonchev–Trinajstić information content (AvgIpc) is 2.57. The number of piperidine rings is 1. The molecule has 0 bridgehead atoms. The Bertz CT molecular complexity index is 591. The van der Waals surface area contributed by atoms with Crippen LogP contribution in [0.25, 0.3) is 0 Å². The van der Waals surface area contributed by atoms with Crippen molar-refractivity contribution in [1.29, 1.82) is 0 Å². The molecule has 1 fully saturated rings. The fourth-order valence-electron chi connectivity index (χ4n) is 2.99. The summed E-state index contributed by atoms with van der Waals surface area (Å²) >= 11 is 0. The first-order valence-electron chi connectivity index (χ1n) is 8.71. The molecular formula is C20H29N3. The number of allylic oxidation sites excluding steroid dienone is 1. The summed E-state index contributed by atoms with van der Waals surface area (Å²) in [4.78, 5) is 11.9. The molecule has 3 nitrogen and oxygen atoms in total. The molecule has 23 heavy (non-hydrogen) atoms. The number of nitrogens with zero attached hydrogens (tertiary/aromatic N) is 3. The van der Waals surface area contributed by atoms with E-state index in [4.69, 9.17) is 4.99 Å². The topological polar surface area (TPSA) is 28.0 Å². The van der Waals surface area contributed by atoms with Crippen LogP contribution < -0.4 is 0 Å². The van der Waals surface area contributed by atoms with Gasteiger partial charge in [-0.3, -0.25) is 0 Å². The van der Waals surface area contributed by atoms with Gasteiger partial charge in [-0.2, -0.15) is 0 Å². The monoisotopic (exact) mass is 311 g/mol. The van der Waals surface area contributed by atoms with Crippen molar-refractivity contribution in [1.82, 2.24) is 4.90 Å². The predicted molar refractivity (Wildman–Crippen MR) is 101 cm³/mol. The van der Waals surface area contributed by atoms with Crippen molar-refractivity contribution in [3.05, 3.63) is 42.0 Å². The Balaban J connectivity index is 2.17. The van der Waals surface area contributed by atoms with E-state index in [-0.39, 0.29) is 0 Å². The van der Waals surface area contributed by atoms with Gasteiger partial charge in [-0.15, -0.1) is 0 Å². The van der Waals surface area contributed by atoms with E-state index in [9.17, 15) is 0 Å². The standard InChI is InChI=1S/C20H29N3/c1-5-9-20(23-14-12-18(6-2)13-15-23)22-17(4)21-19-11-8-7-10-16(19)3/h5,7-11,18H,6,12-15H2,1-4H3/b9-5-,21-17?,22-20?. The first-order valence-corrected chi connectivity index (χ1v) is 8.71. The molecule has 0 amide bonds. The summed E-state index contributed by atoms with van der Waals surface area (Å²) < 4.78 is 0. The molecule has 1 aliphatic rings. The maximum absolute atomic E-state index is 4.78. The fraction of sp³-hybridized carbons (Fsp3) is 0.500. The van der Waals surface area contributed by atoms with E-state index < -0.39 is 0 Å². The van der Waals surface area contributed by atoms with Crippen LogP contribution in [0.4, 0.5) is 5.69 Å². The van der Waals surface area contributed by atoms with Crippen LogP contribution in [0.1, 0.15) is 45.6 Å². The maximum Gasteiger partial charge on any atom is 0.130 e. The lowest BCUT2D eigenvalue weighted by Crippen LogP contribution is -2.37. The van der Waals surface area contributed by atoms with Crippen LogP contribution in [0.15, 0.2) is 46.4 Å². The minimum absolute atomic E-state index is 0.810. The van der Waals surface area contributed by atoms with Crippen molar-refractivity contribution in [3.8, 4) is 0 Å². The first-order chi connectivity index (χ1) is 11.1. The Morgan fingerprint density at radius 2 is 1.96 bits per heavy atom. The minimum Gasteiger partial charge on any atom is -0.357 e. The molecule has 0 spiro atoms. The molecule has 0 saturated carbocycles. The molecule has 1 saturated heterocycles. The highest BCUT2D eigenvalue weighted by atomic mass is 15.2. The summed E-state index contributed by atoms with van der Waals surface area (Å²) in [5, 5.41) is 0. The molecule has 0 N–H and O–H groups in total. The van der Waals surface area contributed by atoms with Gasteiger partial charge in [0.1, 0.15) is 11.7 Å². The van der Waals surface area contributed by atoms with Crippen LogP contribution in [-0.2, 0) is 0 Å². The van der Waals surface area contributed by atoms with Gasteiger partial charge in [0.05, 0.1) is 5.69 Å². The molecule has 124 valence electrons. The highest BCUT2D eigenvalue weighted by Gasteiger charge is 2.19. The van der Waals surface area contributed by atoms with Crippen molar-refractivity contribution >= 4 is 17.4 Å². The molecule has 1 aromatic carbocycles. The van der Waals surface area contributed by atoms with Gasteiger partial charge in [0, 0.05) is 13.1 Å². The van der Waals surface area contributed by atoms with Crippen LogP contribution in [0, 0.1) is 12.8 Å². The van der Waals surface area contributed by atoms with Crippen molar-refractivity contribution in [2.45, 2.75) is 47.0 Å². The smallest absolute Gasteiger partial charge is 0.130 e. The molecule has 0 aliphatic carbocycles. The highest BCUT2D eigenvalue weighted by molar-refractivity contribution is 6.02. The van der Waals surface area contributed by atoms with Crippen LogP contribution in [-0.4, -0.2) is 29.7 Å². The molecule has 0 unspecified atom stereocenters. The fourth-order valence-corrected chi connectivity index (χ4v) is 2.99. The van der Waals surface area contributed by atoms with E-state index in [0.29, 0.717) is 0 Å². The van der Waals surface area contributed by atoms with Crippen molar-refractivity contribution in [3.63, 3.8) is 0 Å². The number of aryl methyl sites for hydroxylation is 1. The van der Waals surface area contributed by atoms with E-state index in [1.807, 2.05) is 32.0 Å². The van der Waals surface area contributed by atoms with E-state index in [1.54, 1.807) is 0 Å². The molecule has 3 heteroatoms. The molecule has 1 aromatic rings. The number of rotatable bonds is 3. The number of aliphatic imine (C=N–C) groups is 2. The van der Waals surface area contributed by atoms with Crippen molar-refractivity contribution < 1.29 is 0 Å². The second-order valence-corrected chi connectivity index (χ2v) is 6.25. The Morgan fingerprint density at radius 3 is 2.57 bits per heavy atom. The zero-order valence-corrected chi connectivity index (χ0v) is 14.9. The van der Waals surface area contributed by atoms with E-state index in [1.165, 1.54) is 24.8 Å². The molecule has 0 radical (unpaired) electrons. The highest BCUT2D eigenvalue weighted by Crippen LogP contribution is 2.21. The third-order valence-corrected chi connectivity index (χ3v) is 4.51. The third kappa shape index (κ3) is 5.05. The number of hydrogen-bond acceptors (Lipinski definition) is 1. The number of hydrogen-bond donors (Lipinski definition) is 0. The first kappa shape index (κ1) is 17.5. The molecular weight excluding hydrogens is 282 g/mol. The summed E-state index contributed by atoms with van der Waals surface area (Å²) in [6.45, 7) is 10.6. The lowest BCUT2D eigenvalue weighted by atomic mass is 9.94. The Kier molecular flexibility index (Phi) is 6.57. The average molecular weight is 311 g/mol. The van der Waals surface area contributed by atoms with Crippen LogP contribution in [0.2, 0.25) is 0 Å². The van der Waals surface area contributed by atoms with Gasteiger partial charge >= 0.3 is 0 Å². The lowest BCUT2D eigenvalue weighted by Gasteiger charge is -2.33. The Labute approximate surface area is 140 Å². The maximum atomic E-state index is 4.78. The quantitative estimate of drug-likeness (QED) is 0.561. The van der Waals surface area contributed by atoms with E-state index in [2.05, 4.69) is 42.0 Å². The van der Waals surface area contributed by atoms with Gasteiger partial charge in [-0.1, -0.05) is 37.6 Å². The molecule has 1 heterocycles. The van der Waals surface area contributed by atoms with Crippen molar-refractivity contribution in [2.24, 2.45) is 15.9 Å². The summed E-state index contributed by atoms with van der Waals surface area (Å²) in [5.41, 5.74) is 2.18. The zero-order chi connectivity index (χ0) is 16.7. The van der Waals surface area contributed by atoms with E-state index in [0.717, 1.165) is 36.4 Å². The predicted octanol–water partition coefficient (Wildman–Crippen LogP) is 5.14. The zero-order valence-electron chi connectivity index (χ0n) is 14.9. The summed E-state index contributed by atoms with van der Waals surface area (Å²) in [7, 11) is 0. The number of likely N-dealkylation sites (tertiary alicyclic amines) is 1. The molecule has 1 aliphatic heterocycles. The summed E-state index contributed by atoms with van der Waals surface area (Å²) in [5.74, 6) is 2.72. The second-order valence-electron chi connectivity index (χ2n) is 6.25. The third-order valence-electron chi connectivity index (χ3n) is 4.51. The van der Waals surface area contributed by atoms with Crippen LogP contribution >= 0.6 is 0 Å². The van der Waals surface area contributed by atoms with Gasteiger partial charge in [0.2, 0.25) is 0 Å². The normalized spacial score (nSPS) is 18.0. The van der Waals surface area contributed by atoms with Gasteiger partial charge in [0.25, 0.3) is 0 Å². The molecule has 0 atom stereocenters. The largest absolute Gasteiger partial charge is 0.357 e. The van der Waals surface area contributed by atoms with Gasteiger partial charge in [-0.05, 0) is 57.2 Å². The van der Waals surface area contributed by atoms with Gasteiger partial charge in [-0.25, -0.2) is 9.98 Å². The summed E-state index contributed by atoms with van der Waals surface area (Å²) in [6.07, 6.45) is 7.98. The SMILES string of the molecule is C/C=C\C(=NC(C)=Nc1ccccc1C)N1CCC(CC)CC1. The Hall–Kier alpha value is -1.90. The van der Waals surface area contributed by atoms with Crippen molar-refractivity contribution in [2.75, 3.05) is 13.1 Å². The number of benzene rings is 1. The van der Waals surface area contributed by atoms with E-state index >= 15 is 0 Å². The molecule has 0 aromatic heterocycles. The number of amidine groups is 2. The van der Waals surface area contributed by atoms with Gasteiger partial charge in [0.15, 0.2) is 0 Å². The van der Waals surface area contributed by atoms with Crippen LogP contribution in [0.5, 0.6) is 0 Å².